The second-order valence-corrected chi connectivity index (χ2v) is 12.0. The minimum Gasteiger partial charge on any atom is -0.456 e. The molecule has 0 bridgehead atoms. The van der Waals surface area contributed by atoms with Gasteiger partial charge in [-0.2, -0.15) is 0 Å². The SMILES string of the molecule is CC(=O)O[C@@H]1[C@@H](OC(C)=O)[C@@H](Cc2ccc([N+](=O)[O-])cc2)N(CC2CC2)C(=O)N(CC2CC2)[C@@H]1Cc1ccc([N+](=O)[O-])cc1. The van der Waals surface area contributed by atoms with Crippen LogP contribution in [-0.4, -0.2) is 75.0 Å². The molecule has 2 aromatic rings. The number of hydrogen-bond acceptors (Lipinski definition) is 9. The van der Waals surface area contributed by atoms with E-state index in [4.69, 9.17) is 9.47 Å². The lowest BCUT2D eigenvalue weighted by Gasteiger charge is -2.37. The average Bonchev–Trinajstić information content (AvgIpc) is 3.91. The maximum absolute atomic E-state index is 14.6. The maximum atomic E-state index is 14.6. The average molecular weight is 609 g/mol. The maximum Gasteiger partial charge on any atom is 0.320 e. The van der Waals surface area contributed by atoms with Crippen LogP contribution in [0.5, 0.6) is 0 Å². The molecule has 1 heterocycles. The smallest absolute Gasteiger partial charge is 0.320 e. The predicted molar refractivity (Wildman–Crippen MR) is 157 cm³/mol. The standard InChI is InChI=1S/C31H36N4O9/c1-19(36)43-29-27(15-21-7-11-25(12-8-21)34(39)40)32(17-23-3-4-23)31(38)33(18-24-5-6-24)28(30(29)44-20(2)37)16-22-9-13-26(14-10-22)35(41)42/h7-14,23-24,27-30H,3-6,15-18H2,1-2H3/t27-,28-,29+,30+/m1/s1. The summed E-state index contributed by atoms with van der Waals surface area (Å²) in [7, 11) is 0. The second kappa shape index (κ2) is 13.0. The third kappa shape index (κ3) is 7.50. The first-order valence-corrected chi connectivity index (χ1v) is 14.9. The van der Waals surface area contributed by atoms with E-state index in [9.17, 15) is 34.6 Å². The number of amides is 2. The molecule has 44 heavy (non-hydrogen) atoms. The molecule has 0 aromatic heterocycles. The van der Waals surface area contributed by atoms with Gasteiger partial charge in [0.15, 0.2) is 12.2 Å². The van der Waals surface area contributed by atoms with Gasteiger partial charge < -0.3 is 19.3 Å². The van der Waals surface area contributed by atoms with Crippen molar-refractivity contribution in [1.29, 1.82) is 0 Å². The van der Waals surface area contributed by atoms with Crippen LogP contribution in [0.25, 0.3) is 0 Å². The van der Waals surface area contributed by atoms with E-state index in [1.165, 1.54) is 38.1 Å². The first-order chi connectivity index (χ1) is 21.0. The summed E-state index contributed by atoms with van der Waals surface area (Å²) in [5, 5.41) is 22.5. The zero-order valence-electron chi connectivity index (χ0n) is 24.7. The number of non-ortho nitro benzene ring substituents is 2. The molecule has 2 saturated carbocycles. The van der Waals surface area contributed by atoms with Gasteiger partial charge in [0.1, 0.15) is 0 Å². The number of carbonyl (C=O) groups is 3. The van der Waals surface area contributed by atoms with Crippen LogP contribution in [0.2, 0.25) is 0 Å². The molecule has 4 atom stereocenters. The van der Waals surface area contributed by atoms with E-state index in [1.807, 2.05) is 0 Å². The van der Waals surface area contributed by atoms with Crippen molar-refractivity contribution in [2.45, 2.75) is 76.7 Å². The van der Waals surface area contributed by atoms with Crippen molar-refractivity contribution in [3.63, 3.8) is 0 Å². The third-order valence-corrected chi connectivity index (χ3v) is 8.47. The number of urea groups is 1. The Balaban J connectivity index is 1.61. The van der Waals surface area contributed by atoms with Gasteiger partial charge in [0.25, 0.3) is 11.4 Å². The molecule has 0 N–H and O–H groups in total. The van der Waals surface area contributed by atoms with Gasteiger partial charge in [0.2, 0.25) is 0 Å². The Labute approximate surface area is 254 Å². The lowest BCUT2D eigenvalue weighted by Crippen LogP contribution is -2.54. The lowest BCUT2D eigenvalue weighted by molar-refractivity contribution is -0.385. The van der Waals surface area contributed by atoms with Crippen molar-refractivity contribution in [2.24, 2.45) is 11.8 Å². The Bertz CT molecular complexity index is 1300. The first-order valence-electron chi connectivity index (χ1n) is 14.9. The number of benzene rings is 2. The van der Waals surface area contributed by atoms with E-state index in [2.05, 4.69) is 0 Å². The Morgan fingerprint density at radius 1 is 0.705 bits per heavy atom. The number of nitro benzene ring substituents is 2. The molecule has 2 amide bonds. The van der Waals surface area contributed by atoms with Crippen molar-refractivity contribution >= 4 is 29.3 Å². The van der Waals surface area contributed by atoms with Gasteiger partial charge in [-0.1, -0.05) is 24.3 Å². The third-order valence-electron chi connectivity index (χ3n) is 8.47. The Morgan fingerprint density at radius 2 is 1.05 bits per heavy atom. The number of carbonyl (C=O) groups excluding carboxylic acids is 3. The Hall–Kier alpha value is -4.55. The molecule has 5 rings (SSSR count). The number of nitro groups is 2. The molecule has 3 fully saturated rings. The van der Waals surface area contributed by atoms with Crippen LogP contribution in [0.4, 0.5) is 16.2 Å². The summed E-state index contributed by atoms with van der Waals surface area (Å²) in [4.78, 5) is 64.9. The molecule has 1 aliphatic heterocycles. The Kier molecular flexibility index (Phi) is 9.12. The van der Waals surface area contributed by atoms with Gasteiger partial charge in [0.05, 0.1) is 21.9 Å². The number of ether oxygens (including phenoxy) is 2. The molecule has 2 aliphatic carbocycles. The van der Waals surface area contributed by atoms with Gasteiger partial charge in [-0.3, -0.25) is 29.8 Å². The van der Waals surface area contributed by atoms with Crippen molar-refractivity contribution in [3.05, 3.63) is 79.9 Å². The fourth-order valence-corrected chi connectivity index (χ4v) is 5.94. The number of rotatable bonds is 12. The fourth-order valence-electron chi connectivity index (χ4n) is 5.94. The normalized spacial score (nSPS) is 23.5. The van der Waals surface area contributed by atoms with E-state index < -0.39 is 46.1 Å². The minimum absolute atomic E-state index is 0.0753. The summed E-state index contributed by atoms with van der Waals surface area (Å²) in [5.74, 6) is -0.663. The van der Waals surface area contributed by atoms with E-state index in [0.29, 0.717) is 24.2 Å². The van der Waals surface area contributed by atoms with E-state index >= 15 is 0 Å². The highest BCUT2D eigenvalue weighted by atomic mass is 16.6. The molecular weight excluding hydrogens is 572 g/mol. The predicted octanol–water partition coefficient (Wildman–Crippen LogP) is 4.45. The van der Waals surface area contributed by atoms with Crippen LogP contribution in [0.3, 0.4) is 0 Å². The highest BCUT2D eigenvalue weighted by Crippen LogP contribution is 2.38. The topological polar surface area (TPSA) is 162 Å². The van der Waals surface area contributed by atoms with E-state index in [0.717, 1.165) is 25.7 Å². The van der Waals surface area contributed by atoms with Crippen LogP contribution < -0.4 is 0 Å². The summed E-state index contributed by atoms with van der Waals surface area (Å²) in [6, 6.07) is 10.3. The van der Waals surface area contributed by atoms with Crippen LogP contribution in [0, 0.1) is 32.1 Å². The van der Waals surface area contributed by atoms with Crippen LogP contribution in [0.15, 0.2) is 48.5 Å². The molecule has 3 aliphatic rings. The quantitative estimate of drug-likeness (QED) is 0.192. The van der Waals surface area contributed by atoms with Crippen LogP contribution in [0.1, 0.15) is 50.7 Å². The summed E-state index contributed by atoms with van der Waals surface area (Å²) in [6.45, 7) is 3.37. The zero-order valence-corrected chi connectivity index (χ0v) is 24.7. The molecule has 13 nitrogen and oxygen atoms in total. The van der Waals surface area contributed by atoms with Gasteiger partial charge in [-0.05, 0) is 61.5 Å². The highest BCUT2D eigenvalue weighted by Gasteiger charge is 2.52. The molecule has 2 aromatic carbocycles. The van der Waals surface area contributed by atoms with Gasteiger partial charge in [0, 0.05) is 51.2 Å². The van der Waals surface area contributed by atoms with E-state index in [-0.39, 0.29) is 42.1 Å². The zero-order chi connectivity index (χ0) is 31.5. The largest absolute Gasteiger partial charge is 0.456 e. The lowest BCUT2D eigenvalue weighted by atomic mass is 9.90. The Morgan fingerprint density at radius 3 is 1.32 bits per heavy atom. The summed E-state index contributed by atoms with van der Waals surface area (Å²) in [5.41, 5.74) is 1.23. The first kappa shape index (κ1) is 30.9. The van der Waals surface area contributed by atoms with Crippen molar-refractivity contribution < 1.29 is 33.7 Å². The number of hydrogen-bond donors (Lipinski definition) is 0. The molecule has 13 heteroatoms. The summed E-state index contributed by atoms with van der Waals surface area (Å²) >= 11 is 0. The number of esters is 2. The molecular formula is C31H36N4O9. The monoisotopic (exact) mass is 608 g/mol. The molecule has 0 unspecified atom stereocenters. The summed E-state index contributed by atoms with van der Waals surface area (Å²) < 4.78 is 11.9. The van der Waals surface area contributed by atoms with Crippen molar-refractivity contribution in [1.82, 2.24) is 9.80 Å². The van der Waals surface area contributed by atoms with Gasteiger partial charge in [-0.25, -0.2) is 4.79 Å². The second-order valence-electron chi connectivity index (χ2n) is 12.0. The van der Waals surface area contributed by atoms with Gasteiger partial charge >= 0.3 is 18.0 Å². The highest BCUT2D eigenvalue weighted by molar-refractivity contribution is 5.77. The van der Waals surface area contributed by atoms with Crippen molar-refractivity contribution in [3.8, 4) is 0 Å². The van der Waals surface area contributed by atoms with Crippen LogP contribution in [-0.2, 0) is 31.9 Å². The summed E-state index contributed by atoms with van der Waals surface area (Å²) in [6.07, 6.45) is 2.11. The molecule has 1 saturated heterocycles. The van der Waals surface area contributed by atoms with Crippen LogP contribution >= 0.6 is 0 Å². The number of nitrogens with zero attached hydrogens (tertiary/aromatic N) is 4. The molecule has 0 radical (unpaired) electrons. The molecule has 234 valence electrons. The van der Waals surface area contributed by atoms with Crippen molar-refractivity contribution in [2.75, 3.05) is 13.1 Å². The minimum atomic E-state index is -1.05. The fraction of sp³-hybridized carbons (Fsp3) is 0.516. The van der Waals surface area contributed by atoms with E-state index in [1.54, 1.807) is 34.1 Å². The molecule has 0 spiro atoms. The van der Waals surface area contributed by atoms with Gasteiger partial charge in [-0.15, -0.1) is 0 Å².